The van der Waals surface area contributed by atoms with Gasteiger partial charge in [-0.3, -0.25) is 0 Å². The molecule has 2 aromatic rings. The fourth-order valence-electron chi connectivity index (χ4n) is 2.25. The lowest BCUT2D eigenvalue weighted by atomic mass is 10.0. The molecule has 0 bridgehead atoms. The minimum atomic E-state index is 0.263. The normalized spacial score (nSPS) is 13.8. The summed E-state index contributed by atoms with van der Waals surface area (Å²) in [6.07, 6.45) is 0. The lowest BCUT2D eigenvalue weighted by Crippen LogP contribution is -2.22. The summed E-state index contributed by atoms with van der Waals surface area (Å²) in [5.74, 6) is 0.895. The van der Waals surface area contributed by atoms with Crippen LogP contribution in [-0.2, 0) is 0 Å². The Morgan fingerprint density at radius 1 is 0.950 bits per heavy atom. The first-order valence-electron chi connectivity index (χ1n) is 6.75. The van der Waals surface area contributed by atoms with E-state index in [2.05, 4.69) is 65.4 Å². The molecule has 3 heteroatoms. The molecule has 0 saturated carbocycles. The first-order valence-corrected chi connectivity index (χ1v) is 7.55. The third-order valence-corrected chi connectivity index (χ3v) is 3.94. The van der Waals surface area contributed by atoms with Crippen molar-refractivity contribution in [2.45, 2.75) is 25.9 Å². The molecule has 2 aromatic carbocycles. The van der Waals surface area contributed by atoms with Crippen molar-refractivity contribution in [1.29, 1.82) is 0 Å². The summed E-state index contributed by atoms with van der Waals surface area (Å²) in [6, 6.07) is 17.1. The number of benzene rings is 2. The molecule has 0 unspecified atom stereocenters. The van der Waals surface area contributed by atoms with Gasteiger partial charge in [-0.2, -0.15) is 0 Å². The summed E-state index contributed by atoms with van der Waals surface area (Å²) >= 11 is 3.52. The van der Waals surface area contributed by atoms with Gasteiger partial charge in [-0.15, -0.1) is 0 Å². The Kier molecular flexibility index (Phi) is 5.21. The molecule has 0 aliphatic rings. The molecule has 0 saturated heterocycles. The minimum Gasteiger partial charge on any atom is -0.497 e. The van der Waals surface area contributed by atoms with Crippen LogP contribution in [0.3, 0.4) is 0 Å². The summed E-state index contributed by atoms with van der Waals surface area (Å²) in [7, 11) is 1.70. The Morgan fingerprint density at radius 2 is 1.55 bits per heavy atom. The monoisotopic (exact) mass is 333 g/mol. The van der Waals surface area contributed by atoms with Crippen molar-refractivity contribution in [1.82, 2.24) is 5.32 Å². The van der Waals surface area contributed by atoms with Crippen LogP contribution >= 0.6 is 15.9 Å². The highest BCUT2D eigenvalue weighted by Crippen LogP contribution is 2.23. The summed E-state index contributed by atoms with van der Waals surface area (Å²) in [6.45, 7) is 4.35. The maximum atomic E-state index is 5.28. The van der Waals surface area contributed by atoms with Gasteiger partial charge < -0.3 is 10.1 Å². The molecule has 0 aliphatic carbocycles. The molecule has 0 heterocycles. The van der Waals surface area contributed by atoms with E-state index in [1.165, 1.54) is 11.1 Å². The van der Waals surface area contributed by atoms with E-state index in [9.17, 15) is 0 Å². The molecule has 0 aliphatic heterocycles. The fourth-order valence-corrected chi connectivity index (χ4v) is 2.67. The zero-order valence-corrected chi connectivity index (χ0v) is 13.6. The van der Waals surface area contributed by atoms with Crippen molar-refractivity contribution in [3.8, 4) is 5.75 Å². The SMILES string of the molecule is COc1cccc([C@H](C)N[C@H](C)c2cccc(Br)c2)c1. The number of nitrogens with one attached hydrogen (secondary N) is 1. The largest absolute Gasteiger partial charge is 0.497 e. The van der Waals surface area contributed by atoms with E-state index in [4.69, 9.17) is 4.74 Å². The molecule has 106 valence electrons. The van der Waals surface area contributed by atoms with Gasteiger partial charge in [-0.1, -0.05) is 40.2 Å². The third kappa shape index (κ3) is 3.84. The predicted octanol–water partition coefficient (Wildman–Crippen LogP) is 4.87. The minimum absolute atomic E-state index is 0.263. The molecule has 20 heavy (non-hydrogen) atoms. The molecule has 0 spiro atoms. The second-order valence-corrected chi connectivity index (χ2v) is 5.86. The van der Waals surface area contributed by atoms with Crippen molar-refractivity contribution in [2.75, 3.05) is 7.11 Å². The molecule has 0 amide bonds. The van der Waals surface area contributed by atoms with Crippen LogP contribution in [0.15, 0.2) is 53.0 Å². The highest BCUT2D eigenvalue weighted by molar-refractivity contribution is 9.10. The van der Waals surface area contributed by atoms with Crippen molar-refractivity contribution >= 4 is 15.9 Å². The molecule has 0 radical (unpaired) electrons. The number of methoxy groups -OCH3 is 1. The number of hydrogen-bond acceptors (Lipinski definition) is 2. The topological polar surface area (TPSA) is 21.3 Å². The van der Waals surface area contributed by atoms with Gasteiger partial charge in [0.25, 0.3) is 0 Å². The molecular formula is C17H20BrNO. The molecule has 2 nitrogen and oxygen atoms in total. The van der Waals surface area contributed by atoms with Gasteiger partial charge >= 0.3 is 0 Å². The van der Waals surface area contributed by atoms with E-state index in [1.807, 2.05) is 18.2 Å². The second-order valence-electron chi connectivity index (χ2n) is 4.94. The van der Waals surface area contributed by atoms with Crippen LogP contribution in [0, 0.1) is 0 Å². The molecule has 1 N–H and O–H groups in total. The van der Waals surface area contributed by atoms with Gasteiger partial charge in [0.05, 0.1) is 7.11 Å². The highest BCUT2D eigenvalue weighted by Gasteiger charge is 2.11. The van der Waals surface area contributed by atoms with Crippen LogP contribution in [0.2, 0.25) is 0 Å². The summed E-state index contributed by atoms with van der Waals surface area (Å²) < 4.78 is 6.39. The van der Waals surface area contributed by atoms with Gasteiger partial charge in [-0.05, 0) is 49.2 Å². The van der Waals surface area contributed by atoms with Gasteiger partial charge in [0.1, 0.15) is 5.75 Å². The molecule has 2 rings (SSSR count). The van der Waals surface area contributed by atoms with Crippen molar-refractivity contribution in [3.63, 3.8) is 0 Å². The van der Waals surface area contributed by atoms with E-state index in [1.54, 1.807) is 7.11 Å². The Morgan fingerprint density at radius 3 is 2.15 bits per heavy atom. The highest BCUT2D eigenvalue weighted by atomic mass is 79.9. The van der Waals surface area contributed by atoms with E-state index in [-0.39, 0.29) is 12.1 Å². The van der Waals surface area contributed by atoms with Crippen LogP contribution in [0.5, 0.6) is 5.75 Å². The Balaban J connectivity index is 2.08. The van der Waals surface area contributed by atoms with E-state index >= 15 is 0 Å². The lowest BCUT2D eigenvalue weighted by molar-refractivity contribution is 0.412. The number of ether oxygens (including phenoxy) is 1. The Bertz CT molecular complexity index is 570. The standard InChI is InChI=1S/C17H20BrNO/c1-12(14-6-4-8-16(18)10-14)19-13(2)15-7-5-9-17(11-15)20-3/h4-13,19H,1-3H3/t12-,13+/m1/s1. The zero-order valence-electron chi connectivity index (χ0n) is 12.1. The first kappa shape index (κ1) is 15.1. The average Bonchev–Trinajstić information content (AvgIpc) is 2.47. The molecule has 2 atom stereocenters. The van der Waals surface area contributed by atoms with Crippen LogP contribution in [0.25, 0.3) is 0 Å². The lowest BCUT2D eigenvalue weighted by Gasteiger charge is -2.21. The van der Waals surface area contributed by atoms with Crippen LogP contribution in [0.4, 0.5) is 0 Å². The Labute approximate surface area is 129 Å². The average molecular weight is 334 g/mol. The van der Waals surface area contributed by atoms with Gasteiger partial charge in [0.15, 0.2) is 0 Å². The van der Waals surface area contributed by atoms with Crippen molar-refractivity contribution in [3.05, 3.63) is 64.1 Å². The summed E-state index contributed by atoms with van der Waals surface area (Å²) in [4.78, 5) is 0. The maximum absolute atomic E-state index is 5.28. The van der Waals surface area contributed by atoms with Crippen LogP contribution < -0.4 is 10.1 Å². The quantitative estimate of drug-likeness (QED) is 0.842. The zero-order chi connectivity index (χ0) is 14.5. The first-order chi connectivity index (χ1) is 9.60. The molecular weight excluding hydrogens is 314 g/mol. The van der Waals surface area contributed by atoms with Gasteiger partial charge in [0, 0.05) is 16.6 Å². The van der Waals surface area contributed by atoms with Gasteiger partial charge in [-0.25, -0.2) is 0 Å². The Hall–Kier alpha value is -1.32. The van der Waals surface area contributed by atoms with Crippen LogP contribution in [-0.4, -0.2) is 7.11 Å². The third-order valence-electron chi connectivity index (χ3n) is 3.44. The van der Waals surface area contributed by atoms with Gasteiger partial charge in [0.2, 0.25) is 0 Å². The number of hydrogen-bond donors (Lipinski definition) is 1. The second kappa shape index (κ2) is 6.91. The van der Waals surface area contributed by atoms with E-state index < -0.39 is 0 Å². The van der Waals surface area contributed by atoms with Crippen molar-refractivity contribution < 1.29 is 4.74 Å². The van der Waals surface area contributed by atoms with Crippen molar-refractivity contribution in [2.24, 2.45) is 0 Å². The fraction of sp³-hybridized carbons (Fsp3) is 0.294. The number of halogens is 1. The van der Waals surface area contributed by atoms with E-state index in [0.717, 1.165) is 10.2 Å². The maximum Gasteiger partial charge on any atom is 0.119 e. The summed E-state index contributed by atoms with van der Waals surface area (Å²) in [5.41, 5.74) is 2.50. The molecule has 0 aromatic heterocycles. The summed E-state index contributed by atoms with van der Waals surface area (Å²) in [5, 5.41) is 3.61. The van der Waals surface area contributed by atoms with Crippen LogP contribution in [0.1, 0.15) is 37.1 Å². The van der Waals surface area contributed by atoms with E-state index in [0.29, 0.717) is 0 Å². The number of rotatable bonds is 5. The predicted molar refractivity (Wildman–Crippen MR) is 87.1 cm³/mol. The smallest absolute Gasteiger partial charge is 0.119 e. The molecule has 0 fully saturated rings.